The van der Waals surface area contributed by atoms with Crippen LogP contribution in [0.3, 0.4) is 0 Å². The van der Waals surface area contributed by atoms with Crippen LogP contribution in [0.4, 0.5) is 5.95 Å². The van der Waals surface area contributed by atoms with Gasteiger partial charge in [-0.1, -0.05) is 6.92 Å². The van der Waals surface area contributed by atoms with Crippen molar-refractivity contribution in [2.24, 2.45) is 7.05 Å². The zero-order valence-corrected chi connectivity index (χ0v) is 10.2. The fourth-order valence-electron chi connectivity index (χ4n) is 1.64. The van der Waals surface area contributed by atoms with Crippen LogP contribution in [-0.2, 0) is 13.5 Å². The Morgan fingerprint density at radius 2 is 2.27 bits per heavy atom. The van der Waals surface area contributed by atoms with Crippen LogP contribution in [0.5, 0.6) is 0 Å². The predicted molar refractivity (Wildman–Crippen MR) is 64.4 cm³/mol. The summed E-state index contributed by atoms with van der Waals surface area (Å²) in [6, 6.07) is 0. The Morgan fingerprint density at radius 1 is 1.53 bits per heavy atom. The molecule has 0 aromatic carbocycles. The van der Waals surface area contributed by atoms with Crippen molar-refractivity contribution in [3.63, 3.8) is 0 Å². The summed E-state index contributed by atoms with van der Waals surface area (Å²) in [4.78, 5) is 6.78. The fraction of sp³-hybridized carbons (Fsp3) is 0.727. The van der Waals surface area contributed by atoms with Crippen LogP contribution < -0.4 is 10.2 Å². The highest BCUT2D eigenvalue weighted by Crippen LogP contribution is 2.11. The predicted octanol–water partition coefficient (Wildman–Crippen LogP) is 1.03. The third-order valence-electron chi connectivity index (χ3n) is 2.53. The van der Waals surface area contributed by atoms with Crippen LogP contribution in [-0.4, -0.2) is 36.7 Å². The van der Waals surface area contributed by atoms with E-state index in [0.29, 0.717) is 0 Å². The lowest BCUT2D eigenvalue weighted by atomic mass is 10.4. The second-order valence-corrected chi connectivity index (χ2v) is 3.88. The number of hydrogen-bond acceptors (Lipinski definition) is 3. The molecule has 1 aromatic rings. The first kappa shape index (κ1) is 12.0. The topological polar surface area (TPSA) is 33.1 Å². The summed E-state index contributed by atoms with van der Waals surface area (Å²) in [5, 5.41) is 3.15. The summed E-state index contributed by atoms with van der Waals surface area (Å²) in [6.45, 7) is 4.22. The molecular weight excluding hydrogens is 188 g/mol. The molecule has 0 spiro atoms. The van der Waals surface area contributed by atoms with Gasteiger partial charge >= 0.3 is 0 Å². The standard InChI is InChI=1S/C11H22N4/c1-5-10-9-15(4)11(13-10)14(3)8-6-7-12-2/h9,12H,5-8H2,1-4H3. The van der Waals surface area contributed by atoms with Crippen molar-refractivity contribution in [2.45, 2.75) is 19.8 Å². The van der Waals surface area contributed by atoms with Crippen molar-refractivity contribution in [3.05, 3.63) is 11.9 Å². The van der Waals surface area contributed by atoms with Crippen LogP contribution in [0.15, 0.2) is 6.20 Å². The van der Waals surface area contributed by atoms with Gasteiger partial charge in [0.15, 0.2) is 0 Å². The van der Waals surface area contributed by atoms with E-state index in [9.17, 15) is 0 Å². The number of aromatic nitrogens is 2. The van der Waals surface area contributed by atoms with Crippen LogP contribution in [0.25, 0.3) is 0 Å². The molecule has 1 aromatic heterocycles. The lowest BCUT2D eigenvalue weighted by Gasteiger charge is -2.17. The quantitative estimate of drug-likeness (QED) is 0.712. The molecule has 0 saturated heterocycles. The van der Waals surface area contributed by atoms with Crippen molar-refractivity contribution in [3.8, 4) is 0 Å². The number of nitrogens with zero attached hydrogens (tertiary/aromatic N) is 3. The summed E-state index contributed by atoms with van der Waals surface area (Å²) in [7, 11) is 6.13. The van der Waals surface area contributed by atoms with Crippen molar-refractivity contribution in [1.29, 1.82) is 0 Å². The molecule has 0 aliphatic rings. The van der Waals surface area contributed by atoms with E-state index >= 15 is 0 Å². The van der Waals surface area contributed by atoms with Gasteiger partial charge in [0.05, 0.1) is 5.69 Å². The molecule has 0 saturated carbocycles. The zero-order valence-electron chi connectivity index (χ0n) is 10.2. The molecule has 0 atom stereocenters. The third-order valence-corrected chi connectivity index (χ3v) is 2.53. The van der Waals surface area contributed by atoms with Crippen LogP contribution in [0.2, 0.25) is 0 Å². The van der Waals surface area contributed by atoms with Crippen molar-refractivity contribution in [2.75, 3.05) is 32.1 Å². The first-order valence-corrected chi connectivity index (χ1v) is 5.57. The summed E-state index contributed by atoms with van der Waals surface area (Å²) in [5.74, 6) is 1.06. The Bertz CT molecular complexity index is 293. The van der Waals surface area contributed by atoms with E-state index in [0.717, 1.165) is 37.6 Å². The van der Waals surface area contributed by atoms with Crippen molar-refractivity contribution in [1.82, 2.24) is 14.9 Å². The average molecular weight is 210 g/mol. The zero-order chi connectivity index (χ0) is 11.3. The number of anilines is 1. The fourth-order valence-corrected chi connectivity index (χ4v) is 1.64. The monoisotopic (exact) mass is 210 g/mol. The maximum absolute atomic E-state index is 4.58. The first-order chi connectivity index (χ1) is 7.19. The molecule has 0 bridgehead atoms. The summed E-state index contributed by atoms with van der Waals surface area (Å²) < 4.78 is 2.10. The lowest BCUT2D eigenvalue weighted by molar-refractivity contribution is 0.695. The second kappa shape index (κ2) is 5.75. The highest BCUT2D eigenvalue weighted by atomic mass is 15.3. The van der Waals surface area contributed by atoms with Crippen LogP contribution >= 0.6 is 0 Å². The Kier molecular flexibility index (Phi) is 4.62. The first-order valence-electron chi connectivity index (χ1n) is 5.57. The van der Waals surface area contributed by atoms with Gasteiger partial charge < -0.3 is 14.8 Å². The highest BCUT2D eigenvalue weighted by molar-refractivity contribution is 5.31. The van der Waals surface area contributed by atoms with Crippen LogP contribution in [0, 0.1) is 0 Å². The van der Waals surface area contributed by atoms with E-state index in [2.05, 4.69) is 47.0 Å². The summed E-state index contributed by atoms with van der Waals surface area (Å²) >= 11 is 0. The SMILES string of the molecule is CCc1cn(C)c(N(C)CCCNC)n1. The van der Waals surface area contributed by atoms with Gasteiger partial charge in [-0.15, -0.1) is 0 Å². The Balaban J connectivity index is 2.56. The molecule has 0 fully saturated rings. The molecule has 86 valence electrons. The van der Waals surface area contributed by atoms with E-state index in [1.165, 1.54) is 0 Å². The average Bonchev–Trinajstić information content (AvgIpc) is 2.60. The lowest BCUT2D eigenvalue weighted by Crippen LogP contribution is -2.24. The van der Waals surface area contributed by atoms with Gasteiger partial charge in [0.25, 0.3) is 0 Å². The minimum absolute atomic E-state index is 0.998. The largest absolute Gasteiger partial charge is 0.345 e. The van der Waals surface area contributed by atoms with Crippen LogP contribution in [0.1, 0.15) is 19.0 Å². The second-order valence-electron chi connectivity index (χ2n) is 3.88. The number of hydrogen-bond donors (Lipinski definition) is 1. The van der Waals surface area contributed by atoms with E-state index in [4.69, 9.17) is 0 Å². The number of rotatable bonds is 6. The minimum Gasteiger partial charge on any atom is -0.345 e. The van der Waals surface area contributed by atoms with Gasteiger partial charge in [0.1, 0.15) is 0 Å². The van der Waals surface area contributed by atoms with Gasteiger partial charge in [-0.3, -0.25) is 0 Å². The van der Waals surface area contributed by atoms with Crippen molar-refractivity contribution >= 4 is 5.95 Å². The molecule has 0 aliphatic heterocycles. The molecule has 0 amide bonds. The maximum atomic E-state index is 4.58. The smallest absolute Gasteiger partial charge is 0.205 e. The molecule has 1 N–H and O–H groups in total. The van der Waals surface area contributed by atoms with E-state index in [-0.39, 0.29) is 0 Å². The Labute approximate surface area is 92.3 Å². The van der Waals surface area contributed by atoms with Gasteiger partial charge in [0.2, 0.25) is 5.95 Å². The van der Waals surface area contributed by atoms with E-state index < -0.39 is 0 Å². The molecule has 4 nitrogen and oxygen atoms in total. The molecule has 1 rings (SSSR count). The van der Waals surface area contributed by atoms with Gasteiger partial charge in [-0.25, -0.2) is 4.98 Å². The molecular formula is C11H22N4. The Hall–Kier alpha value is -1.03. The molecule has 0 radical (unpaired) electrons. The van der Waals surface area contributed by atoms with E-state index in [1.807, 2.05) is 7.05 Å². The molecule has 0 unspecified atom stereocenters. The van der Waals surface area contributed by atoms with E-state index in [1.54, 1.807) is 0 Å². The summed E-state index contributed by atoms with van der Waals surface area (Å²) in [6.07, 6.45) is 4.24. The minimum atomic E-state index is 0.998. The summed E-state index contributed by atoms with van der Waals surface area (Å²) in [5.41, 5.74) is 1.16. The molecule has 4 heteroatoms. The normalized spacial score (nSPS) is 10.7. The van der Waals surface area contributed by atoms with Gasteiger partial charge in [0, 0.05) is 26.8 Å². The number of imidazole rings is 1. The third kappa shape index (κ3) is 3.23. The van der Waals surface area contributed by atoms with Gasteiger partial charge in [-0.2, -0.15) is 0 Å². The maximum Gasteiger partial charge on any atom is 0.205 e. The molecule has 15 heavy (non-hydrogen) atoms. The molecule has 0 aliphatic carbocycles. The number of nitrogens with one attached hydrogen (secondary N) is 1. The highest BCUT2D eigenvalue weighted by Gasteiger charge is 2.08. The number of aryl methyl sites for hydroxylation is 2. The van der Waals surface area contributed by atoms with Crippen molar-refractivity contribution < 1.29 is 0 Å². The molecule has 1 heterocycles. The Morgan fingerprint density at radius 3 is 2.80 bits per heavy atom. The van der Waals surface area contributed by atoms with Gasteiger partial charge in [-0.05, 0) is 26.4 Å².